The lowest BCUT2D eigenvalue weighted by Crippen LogP contribution is -2.36. The number of fused-ring (bicyclic) bond motifs is 1. The number of hydrogen-bond donors (Lipinski definition) is 0. The van der Waals surface area contributed by atoms with E-state index in [2.05, 4.69) is 0 Å². The van der Waals surface area contributed by atoms with E-state index in [1.54, 1.807) is 24.8 Å². The van der Waals surface area contributed by atoms with Gasteiger partial charge in [-0.25, -0.2) is 12.7 Å². The highest BCUT2D eigenvalue weighted by molar-refractivity contribution is 7.90. The molecule has 0 spiro atoms. The molecule has 2 aromatic rings. The summed E-state index contributed by atoms with van der Waals surface area (Å²) in [6, 6.07) is 13.8. The Bertz CT molecular complexity index is 1040. The molecule has 0 radical (unpaired) electrons. The van der Waals surface area contributed by atoms with Crippen LogP contribution in [0, 0.1) is 0 Å². The Balaban J connectivity index is 1.68. The van der Waals surface area contributed by atoms with Crippen molar-refractivity contribution in [3.8, 4) is 0 Å². The third-order valence-corrected chi connectivity index (χ3v) is 7.11. The summed E-state index contributed by atoms with van der Waals surface area (Å²) in [5.41, 5.74) is 1.45. The summed E-state index contributed by atoms with van der Waals surface area (Å²) in [5, 5.41) is 0. The van der Waals surface area contributed by atoms with Gasteiger partial charge in [-0.05, 0) is 50.5 Å². The van der Waals surface area contributed by atoms with Gasteiger partial charge in [-0.3, -0.25) is 9.59 Å². The largest absolute Gasteiger partial charge is 0.331 e. The van der Waals surface area contributed by atoms with Gasteiger partial charge in [0, 0.05) is 24.2 Å². The summed E-state index contributed by atoms with van der Waals surface area (Å²) >= 11 is 0. The van der Waals surface area contributed by atoms with Gasteiger partial charge in [-0.15, -0.1) is 0 Å². The van der Waals surface area contributed by atoms with Crippen molar-refractivity contribution in [2.45, 2.75) is 50.2 Å². The lowest BCUT2D eigenvalue weighted by Gasteiger charge is -2.23. The number of carbonyl (C=O) groups excluding carboxylic acids is 2. The van der Waals surface area contributed by atoms with Crippen LogP contribution in [0.25, 0.3) is 0 Å². The molecule has 0 saturated heterocycles. The predicted octanol–water partition coefficient (Wildman–Crippen LogP) is 3.04. The molecule has 0 N–H and O–H groups in total. The van der Waals surface area contributed by atoms with Gasteiger partial charge in [0.2, 0.25) is 0 Å². The Morgan fingerprint density at radius 2 is 1.82 bits per heavy atom. The van der Waals surface area contributed by atoms with Gasteiger partial charge in [0.05, 0.1) is 5.56 Å². The van der Waals surface area contributed by atoms with E-state index in [1.165, 1.54) is 12.1 Å². The second kappa shape index (κ2) is 6.74. The van der Waals surface area contributed by atoms with Crippen molar-refractivity contribution in [3.05, 3.63) is 65.2 Å². The average molecular weight is 398 g/mol. The molecule has 0 aromatic heterocycles. The molecule has 1 saturated carbocycles. The van der Waals surface area contributed by atoms with Gasteiger partial charge in [0.1, 0.15) is 4.90 Å². The zero-order valence-electron chi connectivity index (χ0n) is 15.8. The van der Waals surface area contributed by atoms with E-state index in [-0.39, 0.29) is 22.4 Å². The van der Waals surface area contributed by atoms with Gasteiger partial charge in [-0.2, -0.15) is 0 Å². The van der Waals surface area contributed by atoms with Crippen LogP contribution in [0.3, 0.4) is 0 Å². The fraction of sp³-hybridized carbons (Fsp3) is 0.333. The van der Waals surface area contributed by atoms with Crippen molar-refractivity contribution >= 4 is 21.8 Å². The zero-order chi connectivity index (χ0) is 20.1. The Labute approximate surface area is 164 Å². The first-order chi connectivity index (χ1) is 13.3. The first kappa shape index (κ1) is 18.7. The Morgan fingerprint density at radius 3 is 2.43 bits per heavy atom. The van der Waals surface area contributed by atoms with Crippen LogP contribution in [0.1, 0.15) is 53.0 Å². The molecule has 1 fully saturated rings. The first-order valence-corrected chi connectivity index (χ1v) is 10.8. The minimum Gasteiger partial charge on any atom is -0.331 e. The van der Waals surface area contributed by atoms with Gasteiger partial charge >= 0.3 is 0 Å². The summed E-state index contributed by atoms with van der Waals surface area (Å²) in [5.74, 6) is -0.743. The number of rotatable bonds is 5. The Hall–Kier alpha value is -2.67. The second-order valence-corrected chi connectivity index (χ2v) is 9.34. The second-order valence-electron chi connectivity index (χ2n) is 7.56. The normalized spacial score (nSPS) is 17.7. The van der Waals surface area contributed by atoms with E-state index in [1.807, 2.05) is 30.3 Å². The van der Waals surface area contributed by atoms with Crippen molar-refractivity contribution in [1.82, 2.24) is 9.21 Å². The quantitative estimate of drug-likeness (QED) is 0.776. The van der Waals surface area contributed by atoms with E-state index in [0.717, 1.165) is 22.7 Å². The maximum atomic E-state index is 13.2. The Kier molecular flexibility index (Phi) is 4.50. The SMILES string of the molecule is CC(C)N1C(=O)c2ccc(C(=O)N(Cc3ccccc3)C3CC3)cc2S1(=O)=O. The van der Waals surface area contributed by atoms with Gasteiger partial charge in [0.15, 0.2) is 0 Å². The minimum absolute atomic E-state index is 0.0764. The molecule has 2 amide bonds. The summed E-state index contributed by atoms with van der Waals surface area (Å²) in [6.07, 6.45) is 1.89. The number of benzene rings is 2. The molecule has 1 heterocycles. The molecule has 146 valence electrons. The number of sulfonamides is 1. The maximum Gasteiger partial charge on any atom is 0.269 e. The molecule has 28 heavy (non-hydrogen) atoms. The molecule has 0 bridgehead atoms. The number of carbonyl (C=O) groups is 2. The fourth-order valence-corrected chi connectivity index (χ4v) is 5.38. The van der Waals surface area contributed by atoms with Crippen LogP contribution in [-0.4, -0.2) is 41.5 Å². The van der Waals surface area contributed by atoms with Crippen LogP contribution in [0.5, 0.6) is 0 Å². The van der Waals surface area contributed by atoms with Crippen LogP contribution < -0.4 is 0 Å². The molecule has 1 aliphatic carbocycles. The topological polar surface area (TPSA) is 74.8 Å². The van der Waals surface area contributed by atoms with Crippen LogP contribution in [-0.2, 0) is 16.6 Å². The summed E-state index contributed by atoms with van der Waals surface area (Å²) in [7, 11) is -3.93. The molecule has 2 aromatic carbocycles. The van der Waals surface area contributed by atoms with E-state index in [4.69, 9.17) is 0 Å². The van der Waals surface area contributed by atoms with Gasteiger partial charge in [-0.1, -0.05) is 30.3 Å². The van der Waals surface area contributed by atoms with Crippen molar-refractivity contribution in [2.75, 3.05) is 0 Å². The number of amides is 2. The standard InChI is InChI=1S/C21H22N2O4S/c1-14(2)23-21(25)18-11-8-16(12-19(18)28(23,26)27)20(24)22(17-9-10-17)13-15-6-4-3-5-7-15/h3-8,11-12,14,17H,9-10,13H2,1-2H3. The van der Waals surface area contributed by atoms with Crippen LogP contribution in [0.15, 0.2) is 53.4 Å². The molecule has 4 rings (SSSR count). The molecular formula is C21H22N2O4S. The predicted molar refractivity (Wildman–Crippen MR) is 104 cm³/mol. The van der Waals surface area contributed by atoms with Crippen LogP contribution in [0.4, 0.5) is 0 Å². The van der Waals surface area contributed by atoms with Gasteiger partial charge < -0.3 is 4.90 Å². The third kappa shape index (κ3) is 3.09. The van der Waals surface area contributed by atoms with Crippen molar-refractivity contribution in [1.29, 1.82) is 0 Å². The number of nitrogens with zero attached hydrogens (tertiary/aromatic N) is 2. The Morgan fingerprint density at radius 1 is 1.14 bits per heavy atom. The summed E-state index contributed by atoms with van der Waals surface area (Å²) in [4.78, 5) is 27.4. The van der Waals surface area contributed by atoms with E-state index in [9.17, 15) is 18.0 Å². The monoisotopic (exact) mass is 398 g/mol. The van der Waals surface area contributed by atoms with E-state index in [0.29, 0.717) is 12.1 Å². The fourth-order valence-electron chi connectivity index (χ4n) is 3.59. The maximum absolute atomic E-state index is 13.2. The smallest absolute Gasteiger partial charge is 0.269 e. The van der Waals surface area contributed by atoms with Crippen molar-refractivity contribution in [2.24, 2.45) is 0 Å². The lowest BCUT2D eigenvalue weighted by molar-refractivity contribution is 0.0728. The first-order valence-electron chi connectivity index (χ1n) is 9.38. The summed E-state index contributed by atoms with van der Waals surface area (Å²) in [6.45, 7) is 3.79. The molecule has 0 unspecified atom stereocenters. The molecule has 1 aliphatic heterocycles. The third-order valence-electron chi connectivity index (χ3n) is 5.11. The lowest BCUT2D eigenvalue weighted by atomic mass is 10.1. The molecule has 0 atom stereocenters. The van der Waals surface area contributed by atoms with E-state index >= 15 is 0 Å². The van der Waals surface area contributed by atoms with Crippen LogP contribution in [0.2, 0.25) is 0 Å². The molecule has 2 aliphatic rings. The highest BCUT2D eigenvalue weighted by Crippen LogP contribution is 2.34. The molecule has 7 heteroatoms. The summed E-state index contributed by atoms with van der Waals surface area (Å²) < 4.78 is 26.5. The minimum atomic E-state index is -3.93. The highest BCUT2D eigenvalue weighted by atomic mass is 32.2. The number of hydrogen-bond acceptors (Lipinski definition) is 4. The zero-order valence-corrected chi connectivity index (χ0v) is 16.6. The van der Waals surface area contributed by atoms with Crippen molar-refractivity contribution in [3.63, 3.8) is 0 Å². The average Bonchev–Trinajstić information content (AvgIpc) is 3.47. The van der Waals surface area contributed by atoms with Gasteiger partial charge in [0.25, 0.3) is 21.8 Å². The molecular weight excluding hydrogens is 376 g/mol. The highest BCUT2D eigenvalue weighted by Gasteiger charge is 2.43. The molecule has 6 nitrogen and oxygen atoms in total. The van der Waals surface area contributed by atoms with E-state index < -0.39 is 22.0 Å². The van der Waals surface area contributed by atoms with Crippen molar-refractivity contribution < 1.29 is 18.0 Å². The van der Waals surface area contributed by atoms with Crippen LogP contribution >= 0.6 is 0 Å².